The Balaban J connectivity index is 2.58. The fourth-order valence-corrected chi connectivity index (χ4v) is 2.22. The van der Waals surface area contributed by atoms with Gasteiger partial charge in [0.05, 0.1) is 0 Å². The Hall–Kier alpha value is -1.02. The first-order valence-corrected chi connectivity index (χ1v) is 5.96. The lowest BCUT2D eigenvalue weighted by Crippen LogP contribution is -1.91. The lowest BCUT2D eigenvalue weighted by molar-refractivity contribution is 0.101. The van der Waals surface area contributed by atoms with Crippen molar-refractivity contribution in [2.45, 2.75) is 25.2 Å². The van der Waals surface area contributed by atoms with Crippen LogP contribution in [0, 0.1) is 0 Å². The van der Waals surface area contributed by atoms with Crippen molar-refractivity contribution in [3.8, 4) is 0 Å². The molecule has 0 heterocycles. The Morgan fingerprint density at radius 2 is 2.13 bits per heavy atom. The van der Waals surface area contributed by atoms with Crippen LogP contribution >= 0.6 is 11.8 Å². The van der Waals surface area contributed by atoms with E-state index in [0.29, 0.717) is 0 Å². The van der Waals surface area contributed by atoms with Gasteiger partial charge >= 0.3 is 0 Å². The van der Waals surface area contributed by atoms with Gasteiger partial charge in [-0.25, -0.2) is 0 Å². The van der Waals surface area contributed by atoms with Gasteiger partial charge in [0.1, 0.15) is 0 Å². The van der Waals surface area contributed by atoms with Crippen LogP contribution in [0.5, 0.6) is 0 Å². The molecule has 0 saturated heterocycles. The number of hydrogen-bond donors (Lipinski definition) is 0. The van der Waals surface area contributed by atoms with E-state index in [2.05, 4.69) is 6.58 Å². The van der Waals surface area contributed by atoms with Crippen LogP contribution in [-0.2, 0) is 0 Å². The largest absolute Gasteiger partial charge is 0.295 e. The molecule has 1 rings (SSSR count). The topological polar surface area (TPSA) is 17.1 Å². The van der Waals surface area contributed by atoms with E-state index < -0.39 is 0 Å². The molecule has 0 aliphatic carbocycles. The van der Waals surface area contributed by atoms with Crippen LogP contribution in [0.4, 0.5) is 0 Å². The first kappa shape index (κ1) is 12.1. The fourth-order valence-electron chi connectivity index (χ4n) is 1.15. The van der Waals surface area contributed by atoms with E-state index >= 15 is 0 Å². The standard InChI is InChI=1S/C13H16OS/c1-10(2)7-8-15-13-6-4-5-12(9-13)11(3)14/h4-6,9H,1,7-8H2,2-3H3. The highest BCUT2D eigenvalue weighted by atomic mass is 32.2. The number of Topliss-reactive ketones (excluding diaryl/α,β-unsaturated/α-hetero) is 1. The number of allylic oxidation sites excluding steroid dienone is 1. The minimum atomic E-state index is 0.123. The van der Waals surface area contributed by atoms with Gasteiger partial charge in [-0.15, -0.1) is 18.3 Å². The van der Waals surface area contributed by atoms with Gasteiger partial charge in [0, 0.05) is 16.2 Å². The molecule has 0 N–H and O–H groups in total. The smallest absolute Gasteiger partial charge is 0.159 e. The third kappa shape index (κ3) is 4.34. The van der Waals surface area contributed by atoms with Crippen molar-refractivity contribution in [2.75, 3.05) is 5.75 Å². The zero-order valence-electron chi connectivity index (χ0n) is 9.25. The van der Waals surface area contributed by atoms with Crippen molar-refractivity contribution in [3.05, 3.63) is 42.0 Å². The van der Waals surface area contributed by atoms with Crippen molar-refractivity contribution in [2.24, 2.45) is 0 Å². The van der Waals surface area contributed by atoms with E-state index in [-0.39, 0.29) is 5.78 Å². The number of hydrogen-bond acceptors (Lipinski definition) is 2. The molecule has 0 atom stereocenters. The van der Waals surface area contributed by atoms with Gasteiger partial charge in [-0.2, -0.15) is 0 Å². The summed E-state index contributed by atoms with van der Waals surface area (Å²) in [7, 11) is 0. The van der Waals surface area contributed by atoms with Crippen LogP contribution in [0.15, 0.2) is 41.3 Å². The normalized spacial score (nSPS) is 10.0. The van der Waals surface area contributed by atoms with Gasteiger partial charge < -0.3 is 0 Å². The molecule has 1 nitrogen and oxygen atoms in total. The van der Waals surface area contributed by atoms with Crippen molar-refractivity contribution in [1.82, 2.24) is 0 Å². The summed E-state index contributed by atoms with van der Waals surface area (Å²) in [6.07, 6.45) is 1.02. The Kier molecular flexibility index (Phi) is 4.63. The van der Waals surface area contributed by atoms with E-state index in [1.165, 1.54) is 5.57 Å². The van der Waals surface area contributed by atoms with Crippen molar-refractivity contribution in [1.29, 1.82) is 0 Å². The molecule has 1 aromatic carbocycles. The lowest BCUT2D eigenvalue weighted by Gasteiger charge is -2.03. The Bertz CT molecular complexity index is 369. The molecule has 0 aromatic heterocycles. The Morgan fingerprint density at radius 1 is 1.40 bits per heavy atom. The van der Waals surface area contributed by atoms with Crippen LogP contribution in [0.3, 0.4) is 0 Å². The lowest BCUT2D eigenvalue weighted by atomic mass is 10.2. The first-order valence-electron chi connectivity index (χ1n) is 4.98. The van der Waals surface area contributed by atoms with Crippen LogP contribution in [0.1, 0.15) is 30.6 Å². The maximum Gasteiger partial charge on any atom is 0.159 e. The molecule has 0 unspecified atom stereocenters. The van der Waals surface area contributed by atoms with E-state index in [9.17, 15) is 4.79 Å². The van der Waals surface area contributed by atoms with E-state index in [4.69, 9.17) is 0 Å². The maximum atomic E-state index is 11.2. The van der Waals surface area contributed by atoms with Crippen molar-refractivity contribution >= 4 is 17.5 Å². The molecule has 0 aliphatic rings. The highest BCUT2D eigenvalue weighted by molar-refractivity contribution is 7.99. The first-order chi connectivity index (χ1) is 7.09. The summed E-state index contributed by atoms with van der Waals surface area (Å²) in [5.74, 6) is 1.15. The zero-order valence-corrected chi connectivity index (χ0v) is 10.1. The number of benzene rings is 1. The number of thioether (sulfide) groups is 1. The third-order valence-electron chi connectivity index (χ3n) is 2.04. The quantitative estimate of drug-likeness (QED) is 0.424. The summed E-state index contributed by atoms with van der Waals surface area (Å²) < 4.78 is 0. The average Bonchev–Trinajstić information content (AvgIpc) is 2.17. The van der Waals surface area contributed by atoms with Gasteiger partial charge in [0.15, 0.2) is 5.78 Å². The molecule has 0 amide bonds. The molecule has 2 heteroatoms. The Labute approximate surface area is 95.6 Å². The fraction of sp³-hybridized carbons (Fsp3) is 0.308. The molecular formula is C13H16OS. The predicted molar refractivity (Wildman–Crippen MR) is 66.6 cm³/mol. The summed E-state index contributed by atoms with van der Waals surface area (Å²) in [5, 5.41) is 0. The number of carbonyl (C=O) groups is 1. The SMILES string of the molecule is C=C(C)CCSc1cccc(C(C)=O)c1. The average molecular weight is 220 g/mol. The molecule has 0 radical (unpaired) electrons. The van der Waals surface area contributed by atoms with Gasteiger partial charge in [-0.1, -0.05) is 17.7 Å². The molecule has 0 saturated carbocycles. The summed E-state index contributed by atoms with van der Waals surface area (Å²) in [6, 6.07) is 7.77. The molecule has 80 valence electrons. The van der Waals surface area contributed by atoms with Crippen LogP contribution in [-0.4, -0.2) is 11.5 Å². The van der Waals surface area contributed by atoms with Crippen LogP contribution in [0.25, 0.3) is 0 Å². The molecule has 15 heavy (non-hydrogen) atoms. The summed E-state index contributed by atoms with van der Waals surface area (Å²) in [6.45, 7) is 7.49. The van der Waals surface area contributed by atoms with E-state index in [1.807, 2.05) is 31.2 Å². The molecule has 0 spiro atoms. The second-order valence-corrected chi connectivity index (χ2v) is 4.81. The second kappa shape index (κ2) is 5.76. The van der Waals surface area contributed by atoms with Crippen molar-refractivity contribution in [3.63, 3.8) is 0 Å². The summed E-state index contributed by atoms with van der Waals surface area (Å²) >= 11 is 1.77. The number of carbonyl (C=O) groups excluding carboxylic acids is 1. The van der Waals surface area contributed by atoms with Crippen molar-refractivity contribution < 1.29 is 4.79 Å². The Morgan fingerprint density at radius 3 is 2.73 bits per heavy atom. The van der Waals surface area contributed by atoms with Gasteiger partial charge in [-0.05, 0) is 32.4 Å². The second-order valence-electron chi connectivity index (χ2n) is 3.64. The minimum Gasteiger partial charge on any atom is -0.295 e. The number of ketones is 1. The minimum absolute atomic E-state index is 0.123. The molecule has 0 fully saturated rings. The maximum absolute atomic E-state index is 11.2. The third-order valence-corrected chi connectivity index (χ3v) is 3.03. The zero-order chi connectivity index (χ0) is 11.3. The van der Waals surface area contributed by atoms with E-state index in [0.717, 1.165) is 22.6 Å². The predicted octanol–water partition coefficient (Wildman–Crippen LogP) is 3.95. The summed E-state index contributed by atoms with van der Waals surface area (Å²) in [4.78, 5) is 12.3. The van der Waals surface area contributed by atoms with Gasteiger partial charge in [0.2, 0.25) is 0 Å². The monoisotopic (exact) mass is 220 g/mol. The van der Waals surface area contributed by atoms with Gasteiger partial charge in [0.25, 0.3) is 0 Å². The molecule has 1 aromatic rings. The van der Waals surface area contributed by atoms with Gasteiger partial charge in [-0.3, -0.25) is 4.79 Å². The highest BCUT2D eigenvalue weighted by Crippen LogP contribution is 2.21. The molecular weight excluding hydrogens is 204 g/mol. The van der Waals surface area contributed by atoms with Crippen LogP contribution in [0.2, 0.25) is 0 Å². The summed E-state index contributed by atoms with van der Waals surface area (Å²) in [5.41, 5.74) is 1.99. The van der Waals surface area contributed by atoms with Crippen LogP contribution < -0.4 is 0 Å². The van der Waals surface area contributed by atoms with E-state index in [1.54, 1.807) is 18.7 Å². The molecule has 0 bridgehead atoms. The highest BCUT2D eigenvalue weighted by Gasteiger charge is 2.00. The number of rotatable bonds is 5. The molecule has 0 aliphatic heterocycles.